The number of nitrogens with zero attached hydrogens (tertiary/aromatic N) is 3. The first-order valence-corrected chi connectivity index (χ1v) is 9.02. The minimum Gasteiger partial charge on any atom is -0.490 e. The average Bonchev–Trinajstić information content (AvgIpc) is 2.59. The lowest BCUT2D eigenvalue weighted by molar-refractivity contribution is 0.203. The van der Waals surface area contributed by atoms with Gasteiger partial charge in [0.1, 0.15) is 18.2 Å². The maximum absolute atomic E-state index is 14.3. The largest absolute Gasteiger partial charge is 0.490 e. The Morgan fingerprint density at radius 2 is 2.11 bits per heavy atom. The second kappa shape index (κ2) is 8.52. The summed E-state index contributed by atoms with van der Waals surface area (Å²) < 4.78 is 20.1. The van der Waals surface area contributed by atoms with Gasteiger partial charge in [-0.2, -0.15) is 0 Å². The molecule has 0 aliphatic rings. The number of carbonyl (C=O) groups is 1. The van der Waals surface area contributed by atoms with Crippen LogP contribution in [0.1, 0.15) is 32.9 Å². The number of aromatic nitrogens is 2. The van der Waals surface area contributed by atoms with E-state index >= 15 is 0 Å². The zero-order valence-electron chi connectivity index (χ0n) is 16.9. The van der Waals surface area contributed by atoms with Crippen molar-refractivity contribution in [2.75, 3.05) is 18.6 Å². The Balaban J connectivity index is 2.25. The lowest BCUT2D eigenvalue weighted by Crippen LogP contribution is -2.43. The number of pyridine rings is 2. The molecule has 152 valence electrons. The number of halogens is 1. The summed E-state index contributed by atoms with van der Waals surface area (Å²) in [6, 6.07) is 4.69. The highest BCUT2D eigenvalue weighted by molar-refractivity contribution is 5.85. The summed E-state index contributed by atoms with van der Waals surface area (Å²) in [7, 11) is 1.34. The average molecular weight is 390 g/mol. The van der Waals surface area contributed by atoms with Crippen molar-refractivity contribution < 1.29 is 19.0 Å². The fourth-order valence-electron chi connectivity index (χ4n) is 2.99. The third-order valence-electron chi connectivity index (χ3n) is 4.22. The zero-order chi connectivity index (χ0) is 21.1. The van der Waals surface area contributed by atoms with Crippen molar-refractivity contribution in [2.45, 2.75) is 39.7 Å². The van der Waals surface area contributed by atoms with Gasteiger partial charge in [0, 0.05) is 18.2 Å². The van der Waals surface area contributed by atoms with Crippen LogP contribution in [0.3, 0.4) is 0 Å². The van der Waals surface area contributed by atoms with Gasteiger partial charge < -0.3 is 15.6 Å². The third kappa shape index (κ3) is 5.39. The number of hydrogen-bond acceptors (Lipinski definition) is 5. The highest BCUT2D eigenvalue weighted by Crippen LogP contribution is 2.28. The first kappa shape index (κ1) is 21.6. The number of amides is 1. The Labute approximate surface area is 164 Å². The number of hydrogen-bond donors (Lipinski definition) is 2. The molecule has 0 fully saturated rings. The number of ether oxygens (including phenoxy) is 1. The van der Waals surface area contributed by atoms with Crippen LogP contribution in [-0.4, -0.2) is 40.4 Å². The van der Waals surface area contributed by atoms with Crippen LogP contribution in [0.15, 0.2) is 24.4 Å². The minimum atomic E-state index is -1.19. The van der Waals surface area contributed by atoms with Gasteiger partial charge in [-0.3, -0.25) is 4.90 Å². The smallest absolute Gasteiger partial charge is 0.412 e. The van der Waals surface area contributed by atoms with Gasteiger partial charge in [-0.1, -0.05) is 13.8 Å². The van der Waals surface area contributed by atoms with Crippen LogP contribution >= 0.6 is 0 Å². The van der Waals surface area contributed by atoms with Crippen LogP contribution in [0.5, 0.6) is 5.75 Å². The van der Waals surface area contributed by atoms with Crippen LogP contribution in [0, 0.1) is 18.7 Å². The first-order valence-electron chi connectivity index (χ1n) is 9.02. The van der Waals surface area contributed by atoms with E-state index in [0.29, 0.717) is 29.7 Å². The van der Waals surface area contributed by atoms with Crippen LogP contribution in [0.2, 0.25) is 0 Å². The molecule has 2 aromatic rings. The molecule has 0 radical (unpaired) electrons. The Kier molecular flexibility index (Phi) is 6.56. The molecule has 0 aliphatic carbocycles. The van der Waals surface area contributed by atoms with E-state index in [0.717, 1.165) is 17.5 Å². The van der Waals surface area contributed by atoms with Crippen molar-refractivity contribution in [3.8, 4) is 17.0 Å². The molecular formula is C20H27FN4O3. The summed E-state index contributed by atoms with van der Waals surface area (Å²) in [6.07, 6.45) is 0.612. The molecule has 3 N–H and O–H groups in total. The number of nitrogens with two attached hydrogens (primary N) is 1. The van der Waals surface area contributed by atoms with E-state index < -0.39 is 17.4 Å². The lowest BCUT2D eigenvalue weighted by Gasteiger charge is -2.27. The Morgan fingerprint density at radius 1 is 1.43 bits per heavy atom. The summed E-state index contributed by atoms with van der Waals surface area (Å²) in [5.74, 6) is 0.542. The van der Waals surface area contributed by atoms with Gasteiger partial charge >= 0.3 is 6.09 Å². The highest BCUT2D eigenvalue weighted by Gasteiger charge is 2.22. The Hall–Kier alpha value is -2.74. The van der Waals surface area contributed by atoms with Gasteiger partial charge in [-0.15, -0.1) is 0 Å². The van der Waals surface area contributed by atoms with E-state index in [-0.39, 0.29) is 11.4 Å². The Bertz CT molecular complexity index is 855. The van der Waals surface area contributed by atoms with Crippen LogP contribution in [0.4, 0.5) is 15.0 Å². The summed E-state index contributed by atoms with van der Waals surface area (Å²) >= 11 is 0. The van der Waals surface area contributed by atoms with Crippen LogP contribution < -0.4 is 15.4 Å². The van der Waals surface area contributed by atoms with E-state index in [1.54, 1.807) is 19.1 Å². The zero-order valence-corrected chi connectivity index (χ0v) is 16.9. The van der Waals surface area contributed by atoms with Crippen molar-refractivity contribution >= 4 is 11.9 Å². The molecule has 2 aromatic heterocycles. The van der Waals surface area contributed by atoms with Crippen molar-refractivity contribution in [1.29, 1.82) is 0 Å². The number of anilines is 1. The number of aryl methyl sites for hydroxylation is 1. The van der Waals surface area contributed by atoms with Crippen LogP contribution in [-0.2, 0) is 0 Å². The number of carboxylic acid groups (broad SMARTS) is 1. The fraction of sp³-hybridized carbons (Fsp3) is 0.450. The van der Waals surface area contributed by atoms with E-state index in [1.165, 1.54) is 13.1 Å². The SMILES string of the molecule is Cc1nc(-c2cc(N(C)C(=O)O)ncc2F)ccc1OC[C@@](C)(N)CC(C)C. The summed E-state index contributed by atoms with van der Waals surface area (Å²) in [4.78, 5) is 20.2. The molecule has 0 saturated heterocycles. The molecule has 28 heavy (non-hydrogen) atoms. The second-order valence-corrected chi connectivity index (χ2v) is 7.68. The second-order valence-electron chi connectivity index (χ2n) is 7.68. The summed E-state index contributed by atoms with van der Waals surface area (Å²) in [6.45, 7) is 8.25. The number of rotatable bonds is 7. The molecule has 0 spiro atoms. The molecule has 2 heterocycles. The molecule has 0 aliphatic heterocycles. The summed E-state index contributed by atoms with van der Waals surface area (Å²) in [5.41, 5.74) is 6.92. The quantitative estimate of drug-likeness (QED) is 0.745. The maximum Gasteiger partial charge on any atom is 0.412 e. The molecule has 0 bridgehead atoms. The topological polar surface area (TPSA) is 102 Å². The minimum absolute atomic E-state index is 0.108. The molecule has 1 amide bonds. The van der Waals surface area contributed by atoms with Crippen molar-refractivity contribution in [2.24, 2.45) is 11.7 Å². The van der Waals surface area contributed by atoms with Crippen molar-refractivity contribution in [1.82, 2.24) is 9.97 Å². The van der Waals surface area contributed by atoms with Gasteiger partial charge in [-0.25, -0.2) is 19.2 Å². The van der Waals surface area contributed by atoms with Gasteiger partial charge in [0.05, 0.1) is 17.6 Å². The van der Waals surface area contributed by atoms with Gasteiger partial charge in [-0.05, 0) is 44.4 Å². The highest BCUT2D eigenvalue weighted by atomic mass is 19.1. The van der Waals surface area contributed by atoms with E-state index in [4.69, 9.17) is 15.6 Å². The van der Waals surface area contributed by atoms with Crippen LogP contribution in [0.25, 0.3) is 11.3 Å². The summed E-state index contributed by atoms with van der Waals surface area (Å²) in [5, 5.41) is 9.08. The third-order valence-corrected chi connectivity index (χ3v) is 4.22. The Morgan fingerprint density at radius 3 is 2.68 bits per heavy atom. The van der Waals surface area contributed by atoms with Crippen molar-refractivity contribution in [3.05, 3.63) is 35.9 Å². The molecule has 2 rings (SSSR count). The standard InChI is InChI=1S/C20H27FN4O3/c1-12(2)9-20(4,22)11-28-17-7-6-16(24-13(17)3)14-8-18(23-10-15(14)21)25(5)19(26)27/h6-8,10,12H,9,11,22H2,1-5H3,(H,26,27)/t20-/m0/s1. The molecule has 1 atom stereocenters. The molecule has 0 saturated carbocycles. The lowest BCUT2D eigenvalue weighted by atomic mass is 9.93. The molecular weight excluding hydrogens is 363 g/mol. The predicted molar refractivity (Wildman–Crippen MR) is 106 cm³/mol. The first-order chi connectivity index (χ1) is 13.0. The predicted octanol–water partition coefficient (Wildman–Crippen LogP) is 3.85. The fourth-order valence-corrected chi connectivity index (χ4v) is 2.99. The van der Waals surface area contributed by atoms with E-state index in [2.05, 4.69) is 23.8 Å². The molecule has 0 aromatic carbocycles. The monoisotopic (exact) mass is 390 g/mol. The maximum atomic E-state index is 14.3. The molecule has 8 heteroatoms. The van der Waals surface area contributed by atoms with E-state index in [9.17, 15) is 9.18 Å². The van der Waals surface area contributed by atoms with Gasteiger partial charge in [0.2, 0.25) is 0 Å². The normalized spacial score (nSPS) is 13.3. The molecule has 7 nitrogen and oxygen atoms in total. The van der Waals surface area contributed by atoms with E-state index in [1.807, 2.05) is 6.92 Å². The van der Waals surface area contributed by atoms with Gasteiger partial charge in [0.25, 0.3) is 0 Å². The van der Waals surface area contributed by atoms with Gasteiger partial charge in [0.15, 0.2) is 5.82 Å². The molecule has 0 unspecified atom stereocenters. The van der Waals surface area contributed by atoms with Crippen molar-refractivity contribution in [3.63, 3.8) is 0 Å².